The van der Waals surface area contributed by atoms with Gasteiger partial charge in [0.1, 0.15) is 23.9 Å². The molecule has 220 valence electrons. The van der Waals surface area contributed by atoms with Gasteiger partial charge in [0.05, 0.1) is 12.5 Å². The first kappa shape index (κ1) is 32.2. The van der Waals surface area contributed by atoms with Crippen LogP contribution >= 0.6 is 0 Å². The number of nitrogens with two attached hydrogens (primary N) is 1. The molecule has 2 aromatic carbocycles. The fourth-order valence-electron chi connectivity index (χ4n) is 3.74. The number of aliphatic carboxylic acids is 3. The fraction of sp³-hybridized carbons (Fsp3) is 0.333. The van der Waals surface area contributed by atoms with Crippen molar-refractivity contribution in [3.63, 3.8) is 0 Å². The van der Waals surface area contributed by atoms with Gasteiger partial charge in [0.25, 0.3) is 0 Å². The van der Waals surface area contributed by atoms with Crippen LogP contribution in [0.15, 0.2) is 54.6 Å². The van der Waals surface area contributed by atoms with Gasteiger partial charge in [-0.25, -0.2) is 4.79 Å². The van der Waals surface area contributed by atoms with Gasteiger partial charge in [-0.15, -0.1) is 0 Å². The van der Waals surface area contributed by atoms with E-state index in [0.717, 1.165) is 0 Å². The number of hydrogen-bond acceptors (Lipinski definition) is 8. The maximum absolute atomic E-state index is 13.3. The Hall–Kier alpha value is -4.98. The maximum atomic E-state index is 13.3. The van der Waals surface area contributed by atoms with E-state index in [1.807, 2.05) is 0 Å². The van der Waals surface area contributed by atoms with Gasteiger partial charge in [0.2, 0.25) is 17.7 Å². The van der Waals surface area contributed by atoms with Crippen molar-refractivity contribution < 1.29 is 49.2 Å². The summed E-state index contributed by atoms with van der Waals surface area (Å²) in [6, 6.07) is 8.31. The molecule has 0 bridgehead atoms. The van der Waals surface area contributed by atoms with Crippen LogP contribution in [0, 0.1) is 0 Å². The second-order valence-electron chi connectivity index (χ2n) is 9.22. The number of carbonyl (C=O) groups is 6. The smallest absolute Gasteiger partial charge is 0.326 e. The minimum Gasteiger partial charge on any atom is -0.508 e. The molecule has 2 aromatic rings. The van der Waals surface area contributed by atoms with Crippen molar-refractivity contribution in [1.82, 2.24) is 16.0 Å². The number of phenols is 1. The van der Waals surface area contributed by atoms with Crippen LogP contribution in [0.2, 0.25) is 0 Å². The Balaban J connectivity index is 2.24. The molecule has 4 atom stereocenters. The molecular formula is C27H32N4O10. The van der Waals surface area contributed by atoms with Gasteiger partial charge in [0.15, 0.2) is 0 Å². The zero-order valence-electron chi connectivity index (χ0n) is 21.9. The van der Waals surface area contributed by atoms with Gasteiger partial charge >= 0.3 is 17.9 Å². The van der Waals surface area contributed by atoms with E-state index < -0.39 is 72.6 Å². The molecule has 0 aliphatic rings. The Bertz CT molecular complexity index is 1240. The molecule has 14 nitrogen and oxygen atoms in total. The molecule has 0 spiro atoms. The highest BCUT2D eigenvalue weighted by Gasteiger charge is 2.31. The molecule has 0 saturated heterocycles. The second kappa shape index (κ2) is 15.6. The third-order valence-corrected chi connectivity index (χ3v) is 5.92. The number of aromatic hydroxyl groups is 1. The molecule has 0 saturated carbocycles. The van der Waals surface area contributed by atoms with Gasteiger partial charge in [-0.1, -0.05) is 42.5 Å². The van der Waals surface area contributed by atoms with Crippen LogP contribution in [-0.4, -0.2) is 80.2 Å². The Morgan fingerprint density at radius 3 is 1.73 bits per heavy atom. The van der Waals surface area contributed by atoms with E-state index in [0.29, 0.717) is 11.1 Å². The first-order chi connectivity index (χ1) is 19.3. The van der Waals surface area contributed by atoms with Crippen molar-refractivity contribution in [2.75, 3.05) is 0 Å². The van der Waals surface area contributed by atoms with Gasteiger partial charge < -0.3 is 42.1 Å². The van der Waals surface area contributed by atoms with Gasteiger partial charge in [-0.05, 0) is 29.7 Å². The lowest BCUT2D eigenvalue weighted by molar-refractivity contribution is -0.143. The molecule has 0 radical (unpaired) electrons. The molecule has 41 heavy (non-hydrogen) atoms. The number of nitrogens with one attached hydrogen (secondary N) is 3. The topological polar surface area (TPSA) is 245 Å². The van der Waals surface area contributed by atoms with Crippen LogP contribution in [-0.2, 0) is 41.6 Å². The molecule has 0 aromatic heterocycles. The van der Waals surface area contributed by atoms with Gasteiger partial charge in [-0.3, -0.25) is 24.0 Å². The molecule has 9 N–H and O–H groups in total. The summed E-state index contributed by atoms with van der Waals surface area (Å²) in [5, 5.41) is 44.2. The standard InChI is InChI=1S/C27H32N4O10/c28-18(10-11-22(33)34)24(37)29-20(14-23(35)36)26(39)30-19(12-15-4-2-1-3-5-15)25(38)31-21(27(40)41)13-16-6-8-17(32)9-7-16/h1-9,18-21,32H,10-14,28H2,(H,29,37)(H,30,39)(H,31,38)(H,33,34)(H,35,36)(H,40,41). The molecular weight excluding hydrogens is 540 g/mol. The largest absolute Gasteiger partial charge is 0.508 e. The number of rotatable bonds is 16. The SMILES string of the molecule is NC(CCC(=O)O)C(=O)NC(CC(=O)O)C(=O)NC(Cc1ccccc1)C(=O)NC(Cc1ccc(O)cc1)C(=O)O. The first-order valence-corrected chi connectivity index (χ1v) is 12.5. The molecule has 4 unspecified atom stereocenters. The normalized spacial score (nSPS) is 13.6. The van der Waals surface area contributed by atoms with E-state index >= 15 is 0 Å². The highest BCUT2D eigenvalue weighted by Crippen LogP contribution is 2.12. The minimum absolute atomic E-state index is 0.0267. The number of hydrogen-bond donors (Lipinski definition) is 8. The maximum Gasteiger partial charge on any atom is 0.326 e. The van der Waals surface area contributed by atoms with E-state index in [1.54, 1.807) is 30.3 Å². The lowest BCUT2D eigenvalue weighted by Gasteiger charge is -2.25. The third-order valence-electron chi connectivity index (χ3n) is 5.92. The summed E-state index contributed by atoms with van der Waals surface area (Å²) in [6.07, 6.45) is -1.81. The van der Waals surface area contributed by atoms with Crippen LogP contribution in [0.1, 0.15) is 30.4 Å². The third kappa shape index (κ3) is 11.3. The van der Waals surface area contributed by atoms with Crippen molar-refractivity contribution in [3.05, 3.63) is 65.7 Å². The van der Waals surface area contributed by atoms with E-state index in [-0.39, 0.29) is 25.0 Å². The van der Waals surface area contributed by atoms with Crippen molar-refractivity contribution in [2.45, 2.75) is 56.3 Å². The number of carbonyl (C=O) groups excluding carboxylic acids is 3. The monoisotopic (exact) mass is 572 g/mol. The summed E-state index contributed by atoms with van der Waals surface area (Å²) < 4.78 is 0. The Kier molecular flexibility index (Phi) is 12.2. The number of carboxylic acid groups (broad SMARTS) is 3. The first-order valence-electron chi connectivity index (χ1n) is 12.5. The lowest BCUT2D eigenvalue weighted by atomic mass is 10.0. The summed E-state index contributed by atoms with van der Waals surface area (Å²) >= 11 is 0. The molecule has 0 fully saturated rings. The Morgan fingerprint density at radius 2 is 1.17 bits per heavy atom. The minimum atomic E-state index is -1.67. The van der Waals surface area contributed by atoms with Crippen molar-refractivity contribution in [2.24, 2.45) is 5.73 Å². The van der Waals surface area contributed by atoms with E-state index in [4.69, 9.17) is 10.8 Å². The summed E-state index contributed by atoms with van der Waals surface area (Å²) in [5.74, 6) is -6.93. The molecule has 14 heteroatoms. The highest BCUT2D eigenvalue weighted by molar-refractivity contribution is 5.95. The number of phenolic OH excluding ortho intramolecular Hbond substituents is 1. The number of benzene rings is 2. The van der Waals surface area contributed by atoms with E-state index in [2.05, 4.69) is 16.0 Å². The van der Waals surface area contributed by atoms with E-state index in [9.17, 15) is 44.1 Å². The molecule has 2 rings (SSSR count). The zero-order valence-corrected chi connectivity index (χ0v) is 21.9. The lowest BCUT2D eigenvalue weighted by Crippen LogP contribution is -2.58. The zero-order chi connectivity index (χ0) is 30.5. The van der Waals surface area contributed by atoms with Crippen LogP contribution in [0.3, 0.4) is 0 Å². The fourth-order valence-corrected chi connectivity index (χ4v) is 3.74. The Morgan fingerprint density at radius 1 is 0.659 bits per heavy atom. The van der Waals surface area contributed by atoms with Crippen molar-refractivity contribution in [1.29, 1.82) is 0 Å². The number of carboxylic acids is 3. The summed E-state index contributed by atoms with van der Waals surface area (Å²) in [7, 11) is 0. The predicted molar refractivity (Wildman–Crippen MR) is 142 cm³/mol. The van der Waals surface area contributed by atoms with Crippen LogP contribution in [0.25, 0.3) is 0 Å². The molecule has 3 amide bonds. The number of amides is 3. The van der Waals surface area contributed by atoms with Gasteiger partial charge in [0, 0.05) is 19.3 Å². The summed E-state index contributed by atoms with van der Waals surface area (Å²) in [5.41, 5.74) is 6.76. The molecule has 0 aliphatic heterocycles. The Labute approximate surface area is 234 Å². The highest BCUT2D eigenvalue weighted by atomic mass is 16.4. The van der Waals surface area contributed by atoms with Crippen LogP contribution in [0.4, 0.5) is 0 Å². The molecule has 0 aliphatic carbocycles. The summed E-state index contributed by atoms with van der Waals surface area (Å²) in [4.78, 5) is 72.9. The van der Waals surface area contributed by atoms with Crippen molar-refractivity contribution in [3.8, 4) is 5.75 Å². The average Bonchev–Trinajstić information content (AvgIpc) is 2.91. The van der Waals surface area contributed by atoms with E-state index in [1.165, 1.54) is 24.3 Å². The van der Waals surface area contributed by atoms with Gasteiger partial charge in [-0.2, -0.15) is 0 Å². The van der Waals surface area contributed by atoms with Crippen LogP contribution < -0.4 is 21.7 Å². The average molecular weight is 573 g/mol. The summed E-state index contributed by atoms with van der Waals surface area (Å²) in [6.45, 7) is 0. The molecule has 0 heterocycles. The second-order valence-corrected chi connectivity index (χ2v) is 9.22. The van der Waals surface area contributed by atoms with Crippen molar-refractivity contribution >= 4 is 35.6 Å². The quantitative estimate of drug-likeness (QED) is 0.126. The predicted octanol–water partition coefficient (Wildman–Crippen LogP) is -0.617. The van der Waals surface area contributed by atoms with Crippen LogP contribution in [0.5, 0.6) is 5.75 Å².